The normalized spacial score (nSPS) is 19.9. The van der Waals surface area contributed by atoms with Gasteiger partial charge in [-0.05, 0) is 47.7 Å². The minimum absolute atomic E-state index is 0.0349. The number of rotatable bonds is 3. The molecule has 1 fully saturated rings. The van der Waals surface area contributed by atoms with Crippen LogP contribution in [-0.2, 0) is 11.2 Å². The fourth-order valence-corrected chi connectivity index (χ4v) is 2.83. The Morgan fingerprint density at radius 1 is 1.40 bits per heavy atom. The van der Waals surface area contributed by atoms with Crippen molar-refractivity contribution < 1.29 is 13.9 Å². The van der Waals surface area contributed by atoms with Gasteiger partial charge in [0.2, 0.25) is 0 Å². The standard InChI is InChI=1S/C16H24FO2P/c1-16(2,3)9-11-7-13(20)8-14(17)15(11)19-12-5-4-6-18-10-12/h7-8,12H,4-6,9-10,20H2,1-3H3. The largest absolute Gasteiger partial charge is 0.485 e. The second-order valence-corrected chi connectivity index (χ2v) is 7.35. The summed E-state index contributed by atoms with van der Waals surface area (Å²) in [5.41, 5.74) is 1.03. The highest BCUT2D eigenvalue weighted by atomic mass is 31.0. The summed E-state index contributed by atoms with van der Waals surface area (Å²) < 4.78 is 25.6. The van der Waals surface area contributed by atoms with E-state index in [-0.39, 0.29) is 17.3 Å². The van der Waals surface area contributed by atoms with Gasteiger partial charge in [-0.25, -0.2) is 4.39 Å². The SMILES string of the molecule is CC(C)(C)Cc1cc(P)cc(F)c1OC1CCCOC1. The quantitative estimate of drug-likeness (QED) is 0.796. The molecule has 112 valence electrons. The lowest BCUT2D eigenvalue weighted by atomic mass is 9.87. The number of halogens is 1. The van der Waals surface area contributed by atoms with Gasteiger partial charge in [-0.3, -0.25) is 0 Å². The van der Waals surface area contributed by atoms with Gasteiger partial charge in [0, 0.05) is 6.61 Å². The molecule has 2 unspecified atom stereocenters. The second kappa shape index (κ2) is 6.41. The summed E-state index contributed by atoms with van der Waals surface area (Å²) in [4.78, 5) is 0. The van der Waals surface area contributed by atoms with E-state index in [1.54, 1.807) is 0 Å². The maximum atomic E-state index is 14.3. The van der Waals surface area contributed by atoms with Crippen molar-refractivity contribution >= 4 is 14.5 Å². The highest BCUT2D eigenvalue weighted by Crippen LogP contribution is 2.31. The molecule has 0 radical (unpaired) electrons. The van der Waals surface area contributed by atoms with Gasteiger partial charge in [-0.1, -0.05) is 20.8 Å². The van der Waals surface area contributed by atoms with Crippen LogP contribution in [0, 0.1) is 11.2 Å². The van der Waals surface area contributed by atoms with Crippen LogP contribution in [0.15, 0.2) is 12.1 Å². The average molecular weight is 298 g/mol. The topological polar surface area (TPSA) is 18.5 Å². The first-order valence-electron chi connectivity index (χ1n) is 7.17. The molecule has 1 aliphatic heterocycles. The Labute approximate surface area is 123 Å². The van der Waals surface area contributed by atoms with Crippen molar-refractivity contribution in [3.05, 3.63) is 23.5 Å². The van der Waals surface area contributed by atoms with Gasteiger partial charge in [-0.15, -0.1) is 9.24 Å². The summed E-state index contributed by atoms with van der Waals surface area (Å²) in [5, 5.41) is 0.856. The first-order valence-corrected chi connectivity index (χ1v) is 7.75. The monoisotopic (exact) mass is 298 g/mol. The predicted octanol–water partition coefficient (Wildman–Crippen LogP) is 3.47. The highest BCUT2D eigenvalue weighted by molar-refractivity contribution is 7.27. The third kappa shape index (κ3) is 4.43. The molecule has 1 aromatic rings. The van der Waals surface area contributed by atoms with E-state index in [1.807, 2.05) is 6.07 Å². The van der Waals surface area contributed by atoms with Crippen LogP contribution in [-0.4, -0.2) is 19.3 Å². The fourth-order valence-electron chi connectivity index (χ4n) is 2.48. The van der Waals surface area contributed by atoms with Crippen LogP contribution < -0.4 is 10.0 Å². The Balaban J connectivity index is 2.24. The Hall–Kier alpha value is -0.660. The van der Waals surface area contributed by atoms with E-state index in [9.17, 15) is 4.39 Å². The van der Waals surface area contributed by atoms with Gasteiger partial charge in [-0.2, -0.15) is 0 Å². The summed E-state index contributed by atoms with van der Waals surface area (Å²) in [6.07, 6.45) is 2.65. The van der Waals surface area contributed by atoms with Crippen molar-refractivity contribution in [2.45, 2.75) is 46.1 Å². The number of ether oxygens (including phenoxy) is 2. The molecule has 2 rings (SSSR count). The third-order valence-electron chi connectivity index (χ3n) is 3.27. The Morgan fingerprint density at radius 2 is 2.15 bits per heavy atom. The van der Waals surface area contributed by atoms with Gasteiger partial charge in [0.05, 0.1) is 6.61 Å². The molecule has 1 aromatic carbocycles. The molecule has 0 bridgehead atoms. The smallest absolute Gasteiger partial charge is 0.165 e. The molecule has 0 saturated carbocycles. The van der Waals surface area contributed by atoms with E-state index >= 15 is 0 Å². The van der Waals surface area contributed by atoms with Gasteiger partial charge < -0.3 is 9.47 Å². The number of hydrogen-bond donors (Lipinski definition) is 0. The van der Waals surface area contributed by atoms with Crippen molar-refractivity contribution in [1.29, 1.82) is 0 Å². The zero-order valence-corrected chi connectivity index (χ0v) is 13.7. The van der Waals surface area contributed by atoms with Crippen molar-refractivity contribution in [2.24, 2.45) is 5.41 Å². The zero-order valence-electron chi connectivity index (χ0n) is 12.5. The van der Waals surface area contributed by atoms with E-state index in [4.69, 9.17) is 9.47 Å². The van der Waals surface area contributed by atoms with Gasteiger partial charge in [0.1, 0.15) is 6.10 Å². The third-order valence-corrected chi connectivity index (χ3v) is 3.60. The number of benzene rings is 1. The molecule has 0 aromatic heterocycles. The van der Waals surface area contributed by atoms with Crippen LogP contribution in [0.2, 0.25) is 0 Å². The molecule has 1 saturated heterocycles. The van der Waals surface area contributed by atoms with Gasteiger partial charge >= 0.3 is 0 Å². The molecule has 1 heterocycles. The van der Waals surface area contributed by atoms with E-state index in [0.29, 0.717) is 12.4 Å². The molecule has 0 aliphatic carbocycles. The average Bonchev–Trinajstić information content (AvgIpc) is 2.33. The zero-order chi connectivity index (χ0) is 14.8. The number of hydrogen-bond acceptors (Lipinski definition) is 2. The van der Waals surface area contributed by atoms with Crippen LogP contribution in [0.25, 0.3) is 0 Å². The minimum Gasteiger partial charge on any atom is -0.485 e. The fraction of sp³-hybridized carbons (Fsp3) is 0.625. The summed E-state index contributed by atoms with van der Waals surface area (Å²) in [6.45, 7) is 7.77. The summed E-state index contributed by atoms with van der Waals surface area (Å²) in [7, 11) is 2.56. The lowest BCUT2D eigenvalue weighted by molar-refractivity contribution is 0.00533. The predicted molar refractivity (Wildman–Crippen MR) is 83.4 cm³/mol. The molecule has 0 amide bonds. The van der Waals surface area contributed by atoms with Gasteiger partial charge in [0.25, 0.3) is 0 Å². The van der Waals surface area contributed by atoms with Crippen LogP contribution in [0.4, 0.5) is 4.39 Å². The van der Waals surface area contributed by atoms with Crippen molar-refractivity contribution in [3.63, 3.8) is 0 Å². The summed E-state index contributed by atoms with van der Waals surface area (Å²) in [6, 6.07) is 3.51. The molecule has 2 nitrogen and oxygen atoms in total. The molecule has 4 heteroatoms. The maximum absolute atomic E-state index is 14.3. The van der Waals surface area contributed by atoms with Crippen LogP contribution in [0.3, 0.4) is 0 Å². The van der Waals surface area contributed by atoms with E-state index in [0.717, 1.165) is 36.7 Å². The lowest BCUT2D eigenvalue weighted by Gasteiger charge is -2.27. The maximum Gasteiger partial charge on any atom is 0.165 e. The minimum atomic E-state index is -0.276. The lowest BCUT2D eigenvalue weighted by Crippen LogP contribution is -2.29. The first-order chi connectivity index (χ1) is 9.35. The molecule has 2 atom stereocenters. The molecule has 20 heavy (non-hydrogen) atoms. The Morgan fingerprint density at radius 3 is 2.75 bits per heavy atom. The van der Waals surface area contributed by atoms with Gasteiger partial charge in [0.15, 0.2) is 11.6 Å². The Bertz CT molecular complexity index is 462. The molecule has 0 spiro atoms. The molecule has 1 aliphatic rings. The molecular formula is C16H24FO2P. The van der Waals surface area contributed by atoms with Crippen molar-refractivity contribution in [2.75, 3.05) is 13.2 Å². The van der Waals surface area contributed by atoms with Crippen LogP contribution >= 0.6 is 9.24 Å². The Kier molecular flexibility index (Phi) is 5.04. The van der Waals surface area contributed by atoms with E-state index in [2.05, 4.69) is 30.0 Å². The van der Waals surface area contributed by atoms with Crippen molar-refractivity contribution in [3.8, 4) is 5.75 Å². The highest BCUT2D eigenvalue weighted by Gasteiger charge is 2.22. The van der Waals surface area contributed by atoms with Crippen LogP contribution in [0.5, 0.6) is 5.75 Å². The first kappa shape index (κ1) is 15.7. The summed E-state index contributed by atoms with van der Waals surface area (Å²) in [5.74, 6) is 0.129. The summed E-state index contributed by atoms with van der Waals surface area (Å²) >= 11 is 0. The van der Waals surface area contributed by atoms with Crippen LogP contribution in [0.1, 0.15) is 39.2 Å². The van der Waals surface area contributed by atoms with Crippen molar-refractivity contribution in [1.82, 2.24) is 0 Å². The molecule has 0 N–H and O–H groups in total. The molecular weight excluding hydrogens is 274 g/mol. The van der Waals surface area contributed by atoms with E-state index < -0.39 is 0 Å². The van der Waals surface area contributed by atoms with E-state index in [1.165, 1.54) is 6.07 Å². The second-order valence-electron chi connectivity index (χ2n) is 6.69.